The molecule has 17 heavy (non-hydrogen) atoms. The number of carbonyl (C=O) groups excluding carboxylic acids is 1. The van der Waals surface area contributed by atoms with Crippen molar-refractivity contribution in [1.29, 1.82) is 0 Å². The van der Waals surface area contributed by atoms with Crippen molar-refractivity contribution >= 4 is 6.03 Å². The Bertz CT molecular complexity index is 246. The number of morpholine rings is 1. The largest absolute Gasteiger partial charge is 0.378 e. The van der Waals surface area contributed by atoms with Crippen LogP contribution in [-0.2, 0) is 4.74 Å². The summed E-state index contributed by atoms with van der Waals surface area (Å²) in [5.41, 5.74) is 0. The van der Waals surface area contributed by atoms with Crippen molar-refractivity contribution in [3.05, 3.63) is 0 Å². The van der Waals surface area contributed by atoms with Crippen LogP contribution in [0.25, 0.3) is 0 Å². The zero-order valence-corrected chi connectivity index (χ0v) is 10.6. The fraction of sp³-hybridized carbons (Fsp3) is 0.917. The third-order valence-corrected chi connectivity index (χ3v) is 3.60. The molecular weight excluding hydrogens is 218 g/mol. The van der Waals surface area contributed by atoms with Crippen LogP contribution in [0.1, 0.15) is 19.8 Å². The van der Waals surface area contributed by atoms with Crippen LogP contribution in [0, 0.1) is 5.92 Å². The fourth-order valence-corrected chi connectivity index (χ4v) is 2.34. The van der Waals surface area contributed by atoms with Gasteiger partial charge in [0.1, 0.15) is 0 Å². The number of rotatable bonds is 2. The number of amides is 2. The van der Waals surface area contributed by atoms with Crippen LogP contribution in [0.3, 0.4) is 0 Å². The van der Waals surface area contributed by atoms with Gasteiger partial charge in [0.15, 0.2) is 0 Å². The first-order chi connectivity index (χ1) is 8.25. The van der Waals surface area contributed by atoms with Crippen LogP contribution in [0.4, 0.5) is 4.79 Å². The zero-order valence-electron chi connectivity index (χ0n) is 10.6. The standard InChI is InChI=1S/C12H23N3O2/c1-10-2-3-11(8-13-10)9-14-12(16)15-4-6-17-7-5-15/h10-11,13H,2-9H2,1H3,(H,14,16). The van der Waals surface area contributed by atoms with E-state index in [0.717, 1.165) is 13.1 Å². The predicted molar refractivity (Wildman–Crippen MR) is 66.0 cm³/mol. The minimum Gasteiger partial charge on any atom is -0.378 e. The van der Waals surface area contributed by atoms with Crippen molar-refractivity contribution < 1.29 is 9.53 Å². The van der Waals surface area contributed by atoms with E-state index >= 15 is 0 Å². The summed E-state index contributed by atoms with van der Waals surface area (Å²) in [5.74, 6) is 0.580. The average Bonchev–Trinajstić information content (AvgIpc) is 2.39. The first-order valence-corrected chi connectivity index (χ1v) is 6.59. The minimum absolute atomic E-state index is 0.0620. The molecule has 2 fully saturated rings. The number of hydrogen-bond donors (Lipinski definition) is 2. The third kappa shape index (κ3) is 3.85. The van der Waals surface area contributed by atoms with E-state index in [0.29, 0.717) is 38.3 Å². The lowest BCUT2D eigenvalue weighted by molar-refractivity contribution is 0.0529. The van der Waals surface area contributed by atoms with Crippen LogP contribution in [0.5, 0.6) is 0 Å². The lowest BCUT2D eigenvalue weighted by atomic mass is 9.95. The molecule has 0 spiro atoms. The molecular formula is C12H23N3O2. The van der Waals surface area contributed by atoms with Crippen molar-refractivity contribution in [3.8, 4) is 0 Å². The number of nitrogens with zero attached hydrogens (tertiary/aromatic N) is 1. The Morgan fingerprint density at radius 1 is 1.41 bits per heavy atom. The van der Waals surface area contributed by atoms with E-state index in [9.17, 15) is 4.79 Å². The Labute approximate surface area is 103 Å². The highest BCUT2D eigenvalue weighted by Gasteiger charge is 2.20. The average molecular weight is 241 g/mol. The molecule has 2 amide bonds. The van der Waals surface area contributed by atoms with E-state index < -0.39 is 0 Å². The van der Waals surface area contributed by atoms with Crippen LogP contribution < -0.4 is 10.6 Å². The quantitative estimate of drug-likeness (QED) is 0.736. The van der Waals surface area contributed by atoms with E-state index in [2.05, 4.69) is 17.6 Å². The maximum atomic E-state index is 11.8. The van der Waals surface area contributed by atoms with Gasteiger partial charge in [0, 0.05) is 25.7 Å². The SMILES string of the molecule is CC1CCC(CNC(=O)N2CCOCC2)CN1. The molecule has 2 atom stereocenters. The topological polar surface area (TPSA) is 53.6 Å². The number of urea groups is 1. The van der Waals surface area contributed by atoms with Crippen LogP contribution in [0.2, 0.25) is 0 Å². The summed E-state index contributed by atoms with van der Waals surface area (Å²) in [7, 11) is 0. The third-order valence-electron chi connectivity index (χ3n) is 3.60. The number of hydrogen-bond acceptors (Lipinski definition) is 3. The monoisotopic (exact) mass is 241 g/mol. The van der Waals surface area contributed by atoms with Crippen molar-refractivity contribution in [1.82, 2.24) is 15.5 Å². The lowest BCUT2D eigenvalue weighted by Gasteiger charge is -2.30. The molecule has 5 nitrogen and oxygen atoms in total. The smallest absolute Gasteiger partial charge is 0.317 e. The maximum Gasteiger partial charge on any atom is 0.317 e. The summed E-state index contributed by atoms with van der Waals surface area (Å²) in [6.07, 6.45) is 2.41. The Morgan fingerprint density at radius 3 is 2.82 bits per heavy atom. The van der Waals surface area contributed by atoms with E-state index in [1.807, 2.05) is 4.90 Å². The second kappa shape index (κ2) is 6.21. The lowest BCUT2D eigenvalue weighted by Crippen LogP contribution is -2.49. The summed E-state index contributed by atoms with van der Waals surface area (Å²) in [6, 6.07) is 0.688. The van der Waals surface area contributed by atoms with E-state index in [1.165, 1.54) is 12.8 Å². The highest BCUT2D eigenvalue weighted by Crippen LogP contribution is 2.13. The van der Waals surface area contributed by atoms with Gasteiger partial charge in [-0.15, -0.1) is 0 Å². The van der Waals surface area contributed by atoms with Gasteiger partial charge < -0.3 is 20.3 Å². The van der Waals surface area contributed by atoms with Crippen molar-refractivity contribution in [3.63, 3.8) is 0 Å². The van der Waals surface area contributed by atoms with Crippen molar-refractivity contribution in [2.75, 3.05) is 39.4 Å². The molecule has 2 heterocycles. The molecule has 2 aliphatic rings. The second-order valence-corrected chi connectivity index (χ2v) is 5.04. The second-order valence-electron chi connectivity index (χ2n) is 5.04. The van der Waals surface area contributed by atoms with E-state index in [4.69, 9.17) is 4.74 Å². The van der Waals surface area contributed by atoms with Crippen molar-refractivity contribution in [2.45, 2.75) is 25.8 Å². The molecule has 0 bridgehead atoms. The molecule has 0 radical (unpaired) electrons. The van der Waals surface area contributed by atoms with Crippen LogP contribution >= 0.6 is 0 Å². The Morgan fingerprint density at radius 2 is 2.18 bits per heavy atom. The Kier molecular flexibility index (Phi) is 4.62. The van der Waals surface area contributed by atoms with Gasteiger partial charge in [-0.25, -0.2) is 4.79 Å². The molecule has 2 saturated heterocycles. The molecule has 2 unspecified atom stereocenters. The number of carbonyl (C=O) groups is 1. The Balaban J connectivity index is 1.65. The highest BCUT2D eigenvalue weighted by molar-refractivity contribution is 5.74. The normalized spacial score (nSPS) is 30.1. The summed E-state index contributed by atoms with van der Waals surface area (Å²) in [4.78, 5) is 13.7. The predicted octanol–water partition coefficient (Wildman–Crippen LogP) is 0.416. The molecule has 2 N–H and O–H groups in total. The summed E-state index contributed by atoms with van der Waals surface area (Å²) in [5, 5.41) is 6.48. The van der Waals surface area contributed by atoms with Crippen molar-refractivity contribution in [2.24, 2.45) is 5.92 Å². The molecule has 98 valence electrons. The maximum absolute atomic E-state index is 11.8. The van der Waals surface area contributed by atoms with Crippen LogP contribution in [0.15, 0.2) is 0 Å². The molecule has 2 aliphatic heterocycles. The molecule has 0 aromatic carbocycles. The first-order valence-electron chi connectivity index (χ1n) is 6.59. The van der Waals surface area contributed by atoms with Gasteiger partial charge in [0.25, 0.3) is 0 Å². The van der Waals surface area contributed by atoms with Gasteiger partial charge in [-0.2, -0.15) is 0 Å². The Hall–Kier alpha value is -0.810. The molecule has 0 saturated carbocycles. The zero-order chi connectivity index (χ0) is 12.1. The van der Waals surface area contributed by atoms with Gasteiger partial charge in [-0.1, -0.05) is 0 Å². The number of nitrogens with one attached hydrogen (secondary N) is 2. The van der Waals surface area contributed by atoms with Gasteiger partial charge in [0.05, 0.1) is 13.2 Å². The molecule has 0 aliphatic carbocycles. The summed E-state index contributed by atoms with van der Waals surface area (Å²) >= 11 is 0. The fourth-order valence-electron chi connectivity index (χ4n) is 2.34. The minimum atomic E-state index is 0.0620. The first kappa shape index (κ1) is 12.6. The molecule has 0 aromatic heterocycles. The van der Waals surface area contributed by atoms with Gasteiger partial charge in [-0.3, -0.25) is 0 Å². The highest BCUT2D eigenvalue weighted by atomic mass is 16.5. The molecule has 5 heteroatoms. The van der Waals surface area contributed by atoms with Gasteiger partial charge >= 0.3 is 6.03 Å². The summed E-state index contributed by atoms with van der Waals surface area (Å²) < 4.78 is 5.22. The van der Waals surface area contributed by atoms with Crippen LogP contribution in [-0.4, -0.2) is 56.4 Å². The van der Waals surface area contributed by atoms with Gasteiger partial charge in [0.2, 0.25) is 0 Å². The summed E-state index contributed by atoms with van der Waals surface area (Å²) in [6.45, 7) is 6.77. The number of piperidine rings is 1. The number of ether oxygens (including phenoxy) is 1. The van der Waals surface area contributed by atoms with E-state index in [1.54, 1.807) is 0 Å². The molecule has 0 aromatic rings. The van der Waals surface area contributed by atoms with E-state index in [-0.39, 0.29) is 6.03 Å². The molecule has 2 rings (SSSR count). The van der Waals surface area contributed by atoms with Gasteiger partial charge in [-0.05, 0) is 32.2 Å².